The van der Waals surface area contributed by atoms with Crippen molar-refractivity contribution in [3.63, 3.8) is 0 Å². The maximum Gasteiger partial charge on any atom is 0.306 e. The number of alkyl halides is 1. The van der Waals surface area contributed by atoms with Crippen molar-refractivity contribution in [1.29, 1.82) is 0 Å². The molecule has 0 aromatic carbocycles. The Morgan fingerprint density at radius 2 is 0.756 bits per heavy atom. The minimum atomic E-state index is -0.696. The topological polar surface area (TPSA) is 134 Å². The van der Waals surface area contributed by atoms with Crippen LogP contribution >= 0.6 is 11.6 Å². The Bertz CT molecular complexity index is 1090. The largest absolute Gasteiger partial charge is 0.481 e. The van der Waals surface area contributed by atoms with E-state index in [0.29, 0.717) is 66.8 Å². The average Bonchev–Trinajstić information content (AvgIpc) is 3.76. The van der Waals surface area contributed by atoms with E-state index in [2.05, 4.69) is 42.5 Å². The molecule has 9 fully saturated rings. The number of hydrogen-bond donors (Lipinski definition) is 9. The molecular formula is C33H55ClCoN8O2. The van der Waals surface area contributed by atoms with Crippen LogP contribution in [0, 0.1) is 53.3 Å². The quantitative estimate of drug-likeness (QED) is 0.189. The zero-order valence-corrected chi connectivity index (χ0v) is 28.2. The van der Waals surface area contributed by atoms with Crippen LogP contribution in [0.3, 0.4) is 0 Å². The molecule has 9 N–H and O–H groups in total. The molecule has 5 heterocycles. The number of fused-ring (bicyclic) bond motifs is 20. The molecular weight excluding hydrogens is 635 g/mol. The minimum absolute atomic E-state index is 0. The van der Waals surface area contributed by atoms with E-state index in [1.54, 1.807) is 0 Å². The summed E-state index contributed by atoms with van der Waals surface area (Å²) in [4.78, 5) is 12.2. The fourth-order valence-corrected chi connectivity index (χ4v) is 12.8. The van der Waals surface area contributed by atoms with Gasteiger partial charge < -0.3 is 5.11 Å². The zero-order valence-electron chi connectivity index (χ0n) is 26.4. The van der Waals surface area contributed by atoms with Crippen LogP contribution in [-0.4, -0.2) is 65.8 Å². The molecule has 0 amide bonds. The summed E-state index contributed by atoms with van der Waals surface area (Å²) in [5.41, 5.74) is 0. The van der Waals surface area contributed by atoms with E-state index < -0.39 is 5.97 Å². The van der Waals surface area contributed by atoms with Crippen molar-refractivity contribution in [3.05, 3.63) is 0 Å². The van der Waals surface area contributed by atoms with Crippen LogP contribution in [0.25, 0.3) is 0 Å². The van der Waals surface area contributed by atoms with Crippen LogP contribution in [0.15, 0.2) is 0 Å². The van der Waals surface area contributed by atoms with Crippen molar-refractivity contribution < 1.29 is 26.7 Å². The second-order valence-electron chi connectivity index (χ2n) is 16.3. The van der Waals surface area contributed by atoms with Gasteiger partial charge in [0.2, 0.25) is 0 Å². The summed E-state index contributed by atoms with van der Waals surface area (Å²) in [6, 6.07) is 0. The average molecular weight is 690 g/mol. The molecule has 18 unspecified atom stereocenters. The molecule has 255 valence electrons. The molecule has 45 heavy (non-hydrogen) atoms. The van der Waals surface area contributed by atoms with E-state index >= 15 is 0 Å². The third kappa shape index (κ3) is 5.65. The predicted molar refractivity (Wildman–Crippen MR) is 169 cm³/mol. The number of nitrogens with one attached hydrogen (secondary N) is 8. The van der Waals surface area contributed by atoms with Crippen LogP contribution in [0.2, 0.25) is 0 Å². The van der Waals surface area contributed by atoms with Crippen molar-refractivity contribution >= 4 is 17.6 Å². The smallest absolute Gasteiger partial charge is 0.306 e. The van der Waals surface area contributed by atoms with E-state index in [1.165, 1.54) is 77.0 Å². The zero-order chi connectivity index (χ0) is 29.5. The van der Waals surface area contributed by atoms with Crippen molar-refractivity contribution in [2.75, 3.05) is 0 Å². The van der Waals surface area contributed by atoms with Gasteiger partial charge in [0.1, 0.15) is 0 Å². The maximum atomic E-state index is 12.2. The molecule has 10 nitrogen and oxygen atoms in total. The van der Waals surface area contributed by atoms with E-state index in [1.807, 2.05) is 0 Å². The molecule has 1 radical (unpaired) electrons. The summed E-state index contributed by atoms with van der Waals surface area (Å²) in [5.74, 6) is 3.02. The molecule has 0 spiro atoms. The van der Waals surface area contributed by atoms with Crippen molar-refractivity contribution in [2.24, 2.45) is 53.3 Å². The van der Waals surface area contributed by atoms with Gasteiger partial charge in [0.05, 0.1) is 55.2 Å². The Morgan fingerprint density at radius 1 is 0.467 bits per heavy atom. The molecule has 9 rings (SSSR count). The number of aliphatic carboxylic acids is 1. The molecule has 4 aliphatic carbocycles. The Labute approximate surface area is 283 Å². The van der Waals surface area contributed by atoms with Gasteiger partial charge in [-0.15, -0.1) is 11.6 Å². The van der Waals surface area contributed by atoms with Gasteiger partial charge in [0, 0.05) is 28.1 Å². The van der Waals surface area contributed by atoms with Gasteiger partial charge in [-0.3, -0.25) is 47.3 Å². The first-order valence-corrected chi connectivity index (χ1v) is 18.9. The predicted octanol–water partition coefficient (Wildman–Crippen LogP) is 2.13. The monoisotopic (exact) mass is 689 g/mol. The van der Waals surface area contributed by atoms with Crippen molar-refractivity contribution in [1.82, 2.24) is 42.5 Å². The van der Waals surface area contributed by atoms with Gasteiger partial charge in [-0.2, -0.15) is 0 Å². The van der Waals surface area contributed by atoms with Gasteiger partial charge in [-0.25, -0.2) is 0 Å². The Kier molecular flexibility index (Phi) is 9.30. The van der Waals surface area contributed by atoms with Gasteiger partial charge >= 0.3 is 5.97 Å². The van der Waals surface area contributed by atoms with Crippen LogP contribution in [0.5, 0.6) is 0 Å². The number of carbonyl (C=O) groups is 1. The normalized spacial score (nSPS) is 55.5. The molecule has 0 aromatic rings. The number of halogens is 1. The van der Waals surface area contributed by atoms with E-state index in [9.17, 15) is 9.90 Å². The first-order chi connectivity index (χ1) is 21.5. The molecule has 18 atom stereocenters. The standard InChI is InChI=1S/C33H55ClN8O2.Co/c34-23-14-15(33(43)44)13-22-24(23)32-41-30-21-12-6-5-11-20(21)28(39-30)37-26-17-8-2-1-7-16(17)25(35-26)36-27-18-9-3-4-10-19(18)29(38-27)40-31(22)42-32;/h15-32,35-42H,1-14H2,(H,43,44);. The maximum absolute atomic E-state index is 12.2. The molecule has 4 saturated carbocycles. The molecule has 9 aliphatic rings. The molecule has 5 saturated heterocycles. The third-order valence-electron chi connectivity index (χ3n) is 14.2. The van der Waals surface area contributed by atoms with Crippen molar-refractivity contribution in [3.8, 4) is 0 Å². The van der Waals surface area contributed by atoms with Gasteiger partial charge in [0.15, 0.2) is 0 Å². The number of rotatable bonds is 1. The Balaban J connectivity index is 0.00000300. The summed E-state index contributed by atoms with van der Waals surface area (Å²) in [7, 11) is 0. The van der Waals surface area contributed by atoms with E-state index in [-0.39, 0.29) is 70.7 Å². The van der Waals surface area contributed by atoms with E-state index in [0.717, 1.165) is 0 Å². The number of carboxylic acid groups (broad SMARTS) is 1. The van der Waals surface area contributed by atoms with Crippen LogP contribution in [-0.2, 0) is 21.6 Å². The van der Waals surface area contributed by atoms with E-state index in [4.69, 9.17) is 11.6 Å². The van der Waals surface area contributed by atoms with Crippen LogP contribution in [0.1, 0.15) is 89.9 Å². The van der Waals surface area contributed by atoms with Crippen molar-refractivity contribution in [2.45, 2.75) is 145 Å². The summed E-state index contributed by atoms with van der Waals surface area (Å²) < 4.78 is 0. The first-order valence-electron chi connectivity index (χ1n) is 18.5. The molecule has 0 aromatic heterocycles. The fourth-order valence-electron chi connectivity index (χ4n) is 12.2. The first kappa shape index (κ1) is 32.2. The Hall–Kier alpha value is -0.0535. The van der Waals surface area contributed by atoms with Crippen LogP contribution in [0.4, 0.5) is 0 Å². The summed E-state index contributed by atoms with van der Waals surface area (Å²) in [5, 5.41) is 42.8. The molecule has 5 aliphatic heterocycles. The fraction of sp³-hybridized carbons (Fsp3) is 0.970. The third-order valence-corrected chi connectivity index (χ3v) is 14.7. The Morgan fingerprint density at radius 3 is 1.07 bits per heavy atom. The van der Waals surface area contributed by atoms with Gasteiger partial charge in [0.25, 0.3) is 0 Å². The van der Waals surface area contributed by atoms with Gasteiger partial charge in [-0.1, -0.05) is 38.5 Å². The van der Waals surface area contributed by atoms with Gasteiger partial charge in [-0.05, 0) is 92.8 Å². The summed E-state index contributed by atoms with van der Waals surface area (Å²) in [6.45, 7) is 0. The summed E-state index contributed by atoms with van der Waals surface area (Å²) >= 11 is 7.17. The minimum Gasteiger partial charge on any atom is -0.481 e. The second-order valence-corrected chi connectivity index (χ2v) is 16.8. The summed E-state index contributed by atoms with van der Waals surface area (Å²) in [6.07, 6.45) is 18.6. The molecule has 12 heteroatoms. The number of carboxylic acids is 1. The second kappa shape index (κ2) is 13.0. The SMILES string of the molecule is O=C(O)C1CC(Cl)C2C3NC4NC(NC5NC(NC6NC(NC(N3)C2C1)C1CCCCC61)C1CCCCC51)C1CCCCC41.[Co]. The number of hydrogen-bond acceptors (Lipinski definition) is 9. The van der Waals surface area contributed by atoms with Crippen LogP contribution < -0.4 is 42.5 Å². The molecule has 8 bridgehead atoms.